The van der Waals surface area contributed by atoms with E-state index < -0.39 is 24.2 Å². The molecule has 1 atom stereocenters. The summed E-state index contributed by atoms with van der Waals surface area (Å²) in [5.41, 5.74) is 5.36. The second-order valence-electron chi connectivity index (χ2n) is 23.9. The third-order valence-corrected chi connectivity index (χ3v) is 44.7. The average Bonchev–Trinajstić information content (AvgIpc) is 3.28. The van der Waals surface area contributed by atoms with Gasteiger partial charge >= 0.3 is 0 Å². The molecule has 0 bridgehead atoms. The number of hydrogen-bond donors (Lipinski definition) is 0. The first kappa shape index (κ1) is 43.2. The largest absolute Gasteiger partial charge is 0.288 e. The van der Waals surface area contributed by atoms with Crippen LogP contribution in [-0.2, 0) is 0 Å². The summed E-state index contributed by atoms with van der Waals surface area (Å²) >= 11 is 0. The summed E-state index contributed by atoms with van der Waals surface area (Å²) in [6.45, 7) is 48.8. The quantitative estimate of drug-likeness (QED) is 0.243. The Kier molecular flexibility index (Phi) is 10.1. The van der Waals surface area contributed by atoms with Gasteiger partial charge in [-0.2, -0.15) is 0 Å². The van der Waals surface area contributed by atoms with Gasteiger partial charge in [0.2, 0.25) is 24.2 Å². The highest BCUT2D eigenvalue weighted by molar-refractivity contribution is 7.48. The second-order valence-corrected chi connectivity index (χ2v) is 40.0. The van der Waals surface area contributed by atoms with Crippen LogP contribution < -0.4 is 0 Å². The van der Waals surface area contributed by atoms with Gasteiger partial charge < -0.3 is 0 Å². The van der Waals surface area contributed by atoms with Crippen molar-refractivity contribution in [1.29, 1.82) is 0 Å². The van der Waals surface area contributed by atoms with Gasteiger partial charge in [0.1, 0.15) is 0 Å². The molecule has 0 saturated carbocycles. The Bertz CT molecular complexity index is 1850. The van der Waals surface area contributed by atoms with Gasteiger partial charge in [-0.3, -0.25) is 27.4 Å². The highest BCUT2D eigenvalue weighted by atomic mass is 29.3. The fraction of sp³-hybridized carbons (Fsp3) is 0.625. The van der Waals surface area contributed by atoms with E-state index in [1.54, 1.807) is 0 Å². The minimum absolute atomic E-state index is 0.0261. The van der Waals surface area contributed by atoms with Crippen molar-refractivity contribution in [3.05, 3.63) is 108 Å². The maximum atomic E-state index is 3.26. The topological polar surface area (TPSA) is 19.4 Å². The molecule has 4 aliphatic rings. The molecule has 4 saturated heterocycles. The molecule has 0 aromatic heterocycles. The molecule has 1 unspecified atom stereocenters. The van der Waals surface area contributed by atoms with Crippen LogP contribution in [0.2, 0.25) is 10.8 Å². The van der Waals surface area contributed by atoms with Crippen molar-refractivity contribution in [2.45, 2.75) is 194 Å². The van der Waals surface area contributed by atoms with Gasteiger partial charge in [-0.1, -0.05) is 97.9 Å². The lowest BCUT2D eigenvalue weighted by molar-refractivity contribution is -0.0737. The van der Waals surface area contributed by atoms with E-state index >= 15 is 0 Å². The van der Waals surface area contributed by atoms with Gasteiger partial charge in [0.05, 0.1) is 18.5 Å². The predicted octanol–water partition coefficient (Wildman–Crippen LogP) is 11.6. The van der Waals surface area contributed by atoms with Crippen LogP contribution in [-0.4, -0.2) is 84.9 Å². The van der Waals surface area contributed by atoms with Crippen LogP contribution >= 0.6 is 0 Å². The predicted molar refractivity (Wildman–Crippen MR) is 249 cm³/mol. The number of rotatable bonds is 3. The molecule has 6 nitrogen and oxygen atoms in total. The lowest BCUT2D eigenvalue weighted by atomic mass is 10.0. The first-order valence-electron chi connectivity index (χ1n) is 21.9. The lowest BCUT2D eigenvalue weighted by Crippen LogP contribution is -3.05. The summed E-state index contributed by atoms with van der Waals surface area (Å²) in [6, 6.07) is 34.8. The Morgan fingerprint density at radius 3 is 0.877 bits per heavy atom. The molecule has 312 valence electrons. The van der Waals surface area contributed by atoms with E-state index in [-0.39, 0.29) is 51.7 Å². The Morgan fingerprint density at radius 1 is 0.368 bits per heavy atom. The molecule has 3 aromatic carbocycles. The van der Waals surface area contributed by atoms with Gasteiger partial charge in [-0.05, 0) is 147 Å². The molecule has 3 spiro atoms. The van der Waals surface area contributed by atoms with Gasteiger partial charge in [0.15, 0.2) is 0 Å². The smallest absolute Gasteiger partial charge is 0.235 e. The number of nitrogens with zero attached hydrogens (tertiary/aromatic N) is 6. The van der Waals surface area contributed by atoms with E-state index in [1.807, 2.05) is 0 Å². The molecular weight excluding hydrogens is 745 g/mol. The molecule has 0 amide bonds. The zero-order valence-electron chi connectivity index (χ0n) is 39.4. The minimum Gasteiger partial charge on any atom is -0.288 e. The van der Waals surface area contributed by atoms with Gasteiger partial charge in [-0.15, -0.1) is 0 Å². The van der Waals surface area contributed by atoms with E-state index in [2.05, 4.69) is 250 Å². The molecule has 4 aliphatic heterocycles. The molecule has 0 aliphatic carbocycles. The monoisotopic (exact) mass is 823 g/mol. The molecule has 4 fully saturated rings. The van der Waals surface area contributed by atoms with Crippen molar-refractivity contribution in [2.24, 2.45) is 0 Å². The molecule has 7 rings (SSSR count). The summed E-state index contributed by atoms with van der Waals surface area (Å²) in [4.78, 5) is 0. The van der Waals surface area contributed by atoms with Crippen molar-refractivity contribution in [3.8, 4) is 0 Å². The second kappa shape index (κ2) is 13.3. The Morgan fingerprint density at radius 2 is 0.614 bits per heavy atom. The van der Waals surface area contributed by atoms with E-state index in [4.69, 9.17) is 0 Å². The number of fused-ring (bicyclic) bond motifs is 1. The van der Waals surface area contributed by atoms with Crippen LogP contribution in [0.15, 0.2) is 91.0 Å². The highest BCUT2D eigenvalue weighted by Crippen LogP contribution is 2.76. The van der Waals surface area contributed by atoms with Crippen molar-refractivity contribution in [3.63, 3.8) is 0 Å². The van der Waals surface area contributed by atoms with Crippen LogP contribution in [0.1, 0.15) is 167 Å². The summed E-state index contributed by atoms with van der Waals surface area (Å²) in [7, 11) is -8.12. The maximum absolute atomic E-state index is 3.26. The fourth-order valence-corrected chi connectivity index (χ4v) is 61.7. The average molecular weight is 823 g/mol. The first-order valence-corrected chi connectivity index (χ1v) is 29.2. The third-order valence-electron chi connectivity index (χ3n) is 13.9. The van der Waals surface area contributed by atoms with E-state index in [1.165, 1.54) is 22.4 Å². The zero-order chi connectivity index (χ0) is 42.3. The summed E-state index contributed by atoms with van der Waals surface area (Å²) in [5.74, 6) is 0. The van der Waals surface area contributed by atoms with E-state index in [0.29, 0.717) is 5.16 Å². The van der Waals surface area contributed by atoms with Crippen molar-refractivity contribution in [1.82, 2.24) is 27.4 Å². The zero-order valence-corrected chi connectivity index (χ0v) is 42.4. The van der Waals surface area contributed by atoms with Crippen molar-refractivity contribution in [2.75, 3.05) is 0 Å². The fourth-order valence-electron chi connectivity index (χ4n) is 13.2. The number of hydrogen-bond acceptors (Lipinski definition) is 6. The molecular formula is C48H78N6Si3. The summed E-state index contributed by atoms with van der Waals surface area (Å²) < 4.78 is 19.4. The third kappa shape index (κ3) is 5.94. The lowest BCUT2D eigenvalue weighted by Gasteiger charge is -2.84. The molecule has 57 heavy (non-hydrogen) atoms. The molecule has 4 heterocycles. The summed E-state index contributed by atoms with van der Waals surface area (Å²) in [6.07, 6.45) is 0.668. The first-order chi connectivity index (χ1) is 26.0. The Balaban J connectivity index is 1.66. The molecule has 0 N–H and O–H groups in total. The Labute approximate surface area is 351 Å². The van der Waals surface area contributed by atoms with Crippen LogP contribution in [0.4, 0.5) is 0 Å². The molecule has 3 aromatic rings. The van der Waals surface area contributed by atoms with E-state index in [9.17, 15) is 0 Å². The standard InChI is InChI=1S/C48H78N6Si3/c1-36-55(49(43(2,3)4)40(50(55)44(5,6)7)37-29-23-20-24-30-37)35-56(51(45(8,9)10)41(52(56)46(11,12)13)38-31-25-21-26-32-38)57(36)53(47(14,15)16)42(54(57)48(17,18)19)39-33-27-22-28-34-39/h20-34,36,40-42H,35H2,1-19H3. The van der Waals surface area contributed by atoms with Crippen LogP contribution in [0.5, 0.6) is 0 Å². The van der Waals surface area contributed by atoms with Gasteiger partial charge in [0.25, 0.3) is 0 Å². The van der Waals surface area contributed by atoms with E-state index in [0.717, 1.165) is 0 Å². The van der Waals surface area contributed by atoms with Crippen LogP contribution in [0, 0.1) is 0 Å². The summed E-state index contributed by atoms with van der Waals surface area (Å²) in [5, 5.41) is 0.514. The van der Waals surface area contributed by atoms with Gasteiger partial charge in [-0.25, -0.2) is 0 Å². The van der Waals surface area contributed by atoms with Crippen LogP contribution in [0.3, 0.4) is 0 Å². The molecule has 9 heteroatoms. The van der Waals surface area contributed by atoms with Crippen molar-refractivity contribution >= 4 is 24.2 Å². The maximum Gasteiger partial charge on any atom is 0.235 e. The minimum atomic E-state index is -2.79. The normalized spacial score (nSPS) is 32.9. The van der Waals surface area contributed by atoms with Crippen molar-refractivity contribution < 1.29 is 0 Å². The van der Waals surface area contributed by atoms with Gasteiger partial charge in [0, 0.05) is 38.4 Å². The SMILES string of the molecule is CC1[Si]2(C[Si]3(N(C(C)(C)C)C(c4ccccc4)N3C(C)(C)C)[Si]13N(C(C)(C)C)C(c1ccccc1)N3C(C)(C)C)N(C(C)(C)C)C(c1ccccc1)N2C(C)(C)C. The Hall–Kier alpha value is -1.93. The van der Waals surface area contributed by atoms with Crippen LogP contribution in [0.25, 0.3) is 0 Å². The molecule has 0 radical (unpaired) electrons. The highest BCUT2D eigenvalue weighted by Gasteiger charge is 2.96. The number of benzene rings is 3.